The minimum absolute atomic E-state index is 0. The highest BCUT2D eigenvalue weighted by Crippen LogP contribution is 2.37. The highest BCUT2D eigenvalue weighted by molar-refractivity contribution is 7.86. The molecule has 0 bridgehead atoms. The van der Waals surface area contributed by atoms with Gasteiger partial charge >= 0.3 is 5.97 Å². The van der Waals surface area contributed by atoms with Gasteiger partial charge in [-0.2, -0.15) is 13.9 Å². The van der Waals surface area contributed by atoms with Gasteiger partial charge in [-0.3, -0.25) is 18.7 Å². The predicted molar refractivity (Wildman–Crippen MR) is 187 cm³/mol. The minimum Gasteiger partial charge on any atom is -1.00 e. The quantitative estimate of drug-likeness (QED) is 0.0597. The lowest BCUT2D eigenvalue weighted by molar-refractivity contribution is -0.688. The standard InChI is InChI=1S/C34H34N8O6S2.ClH/c1-4-47-38-25(29-37-34(35)49-39-29)30(43)36-26-31(44)42-27(23(20-50(46)32(26)42)18-41-17-11-16-24(19-41)40(2)3)33(45)48-28(21-12-7-5-8-13-21)22-14-9-6-10-15-22;/h5-17,19,26,28,32H,4,18,20H2,1-3H3,(H2-,35,36,37,39,43);1H/t26?,32-,50?;/m1./s1. The van der Waals surface area contributed by atoms with Gasteiger partial charge in [0.1, 0.15) is 29.4 Å². The number of nitrogen functional groups attached to an aromatic ring is 1. The van der Waals surface area contributed by atoms with E-state index in [0.717, 1.165) is 28.3 Å². The number of benzene rings is 2. The molecular weight excluding hydrogens is 716 g/mol. The summed E-state index contributed by atoms with van der Waals surface area (Å²) in [7, 11) is 2.10. The van der Waals surface area contributed by atoms with Crippen LogP contribution in [-0.4, -0.2) is 79.8 Å². The molecule has 3 atom stereocenters. The third-order valence-electron chi connectivity index (χ3n) is 8.00. The van der Waals surface area contributed by atoms with E-state index in [1.807, 2.05) is 109 Å². The van der Waals surface area contributed by atoms with Gasteiger partial charge in [0.15, 0.2) is 30.2 Å². The number of carbonyl (C=O) groups excluding carboxylic acids is 3. The third kappa shape index (κ3) is 7.92. The van der Waals surface area contributed by atoms with E-state index in [0.29, 0.717) is 5.57 Å². The van der Waals surface area contributed by atoms with E-state index in [1.165, 1.54) is 4.90 Å². The number of nitrogens with two attached hydrogens (primary N) is 1. The summed E-state index contributed by atoms with van der Waals surface area (Å²) in [6, 6.07) is 21.1. The van der Waals surface area contributed by atoms with Crippen molar-refractivity contribution in [1.82, 2.24) is 19.6 Å². The molecule has 1 fully saturated rings. The number of nitrogens with one attached hydrogen (secondary N) is 1. The fourth-order valence-electron chi connectivity index (χ4n) is 5.66. The van der Waals surface area contributed by atoms with Gasteiger partial charge in [-0.25, -0.2) is 4.79 Å². The number of fused-ring (bicyclic) bond motifs is 1. The Morgan fingerprint density at radius 1 is 1.12 bits per heavy atom. The number of esters is 1. The molecule has 2 aliphatic rings. The highest BCUT2D eigenvalue weighted by atomic mass is 35.5. The molecule has 2 aliphatic heterocycles. The van der Waals surface area contributed by atoms with E-state index >= 15 is 0 Å². The van der Waals surface area contributed by atoms with E-state index in [4.69, 9.17) is 15.3 Å². The van der Waals surface area contributed by atoms with Crippen molar-refractivity contribution in [2.75, 3.05) is 37.1 Å². The Labute approximate surface area is 307 Å². The van der Waals surface area contributed by atoms with E-state index in [1.54, 1.807) is 6.92 Å². The molecule has 0 spiro atoms. The largest absolute Gasteiger partial charge is 1.00 e. The zero-order chi connectivity index (χ0) is 35.4. The van der Waals surface area contributed by atoms with Gasteiger partial charge < -0.3 is 37.9 Å². The molecule has 51 heavy (non-hydrogen) atoms. The van der Waals surface area contributed by atoms with E-state index in [2.05, 4.69) is 19.8 Å². The Morgan fingerprint density at radius 2 is 1.78 bits per heavy atom. The van der Waals surface area contributed by atoms with Crippen molar-refractivity contribution in [3.8, 4) is 0 Å². The lowest BCUT2D eigenvalue weighted by atomic mass is 10.0. The van der Waals surface area contributed by atoms with Gasteiger partial charge in [0.2, 0.25) is 11.5 Å². The molecule has 266 valence electrons. The van der Waals surface area contributed by atoms with Crippen LogP contribution in [0.1, 0.15) is 30.0 Å². The van der Waals surface area contributed by atoms with Crippen LogP contribution in [0.2, 0.25) is 0 Å². The van der Waals surface area contributed by atoms with E-state index < -0.39 is 46.1 Å². The van der Waals surface area contributed by atoms with Crippen LogP contribution in [0.25, 0.3) is 0 Å². The summed E-state index contributed by atoms with van der Waals surface area (Å²) in [5, 5.41) is 5.51. The van der Waals surface area contributed by atoms with Crippen molar-refractivity contribution in [1.29, 1.82) is 0 Å². The van der Waals surface area contributed by atoms with Crippen LogP contribution in [0.4, 0.5) is 10.8 Å². The first kappa shape index (κ1) is 37.1. The second-order valence-electron chi connectivity index (χ2n) is 11.6. The molecule has 17 heteroatoms. The Bertz CT molecular complexity index is 1950. The molecule has 0 saturated carbocycles. The van der Waals surface area contributed by atoms with Crippen LogP contribution >= 0.6 is 11.5 Å². The number of pyridine rings is 1. The fraction of sp³-hybridized carbons (Fsp3) is 0.265. The molecule has 6 rings (SSSR count). The van der Waals surface area contributed by atoms with Crippen LogP contribution in [0, 0.1) is 0 Å². The van der Waals surface area contributed by atoms with Gasteiger partial charge in [0.25, 0.3) is 11.8 Å². The molecule has 2 amide bonds. The molecule has 3 N–H and O–H groups in total. The van der Waals surface area contributed by atoms with Gasteiger partial charge in [0, 0.05) is 37.3 Å². The van der Waals surface area contributed by atoms with Gasteiger partial charge in [-0.1, -0.05) is 65.8 Å². The number of carbonyl (C=O) groups is 3. The third-order valence-corrected chi connectivity index (χ3v) is 10.2. The molecule has 4 heterocycles. The highest BCUT2D eigenvalue weighted by Gasteiger charge is 2.58. The Morgan fingerprint density at radius 3 is 2.37 bits per heavy atom. The number of anilines is 2. The smallest absolute Gasteiger partial charge is 0.356 e. The van der Waals surface area contributed by atoms with Gasteiger partial charge in [-0.15, -0.1) is 0 Å². The molecular formula is C34H35ClN8O6S2. The van der Waals surface area contributed by atoms with Crippen LogP contribution < -0.4 is 32.9 Å². The number of aromatic nitrogens is 3. The maximum Gasteiger partial charge on any atom is 0.356 e. The zero-order valence-corrected chi connectivity index (χ0v) is 30.2. The summed E-state index contributed by atoms with van der Waals surface area (Å²) in [5.41, 5.74) is 8.23. The van der Waals surface area contributed by atoms with Crippen LogP contribution in [-0.2, 0) is 41.3 Å². The minimum atomic E-state index is -1.71. The normalized spacial score (nSPS) is 18.4. The van der Waals surface area contributed by atoms with E-state index in [-0.39, 0.29) is 53.7 Å². The van der Waals surface area contributed by atoms with Gasteiger partial charge in [-0.05, 0) is 24.1 Å². The number of nitrogens with zero attached hydrogens (tertiary/aromatic N) is 6. The molecule has 4 aromatic rings. The van der Waals surface area contributed by atoms with Crippen LogP contribution in [0.15, 0.2) is 102 Å². The maximum absolute atomic E-state index is 14.4. The Kier molecular flexibility index (Phi) is 11.8. The summed E-state index contributed by atoms with van der Waals surface area (Å²) < 4.78 is 26.0. The SMILES string of the molecule is CCON=C(C(=O)NC1C(=O)N2C(C(=O)OC(c3ccccc3)c3ccccc3)=C(C[n+]3cccc(N(C)C)c3)CS(=O)[C@H]12)c1nsc(N)n1.[Cl-]. The zero-order valence-electron chi connectivity index (χ0n) is 27.8. The molecule has 0 radical (unpaired) electrons. The first-order valence-electron chi connectivity index (χ1n) is 15.7. The number of amides is 2. The van der Waals surface area contributed by atoms with Crippen LogP contribution in [0.5, 0.6) is 0 Å². The first-order valence-corrected chi connectivity index (χ1v) is 17.8. The Hall–Kier alpha value is -5.19. The average molecular weight is 751 g/mol. The number of β-lactam (4-membered cyclic amide) rings is 1. The summed E-state index contributed by atoms with van der Waals surface area (Å²) >= 11 is 0.864. The first-order chi connectivity index (χ1) is 24.2. The number of hydrogen-bond acceptors (Lipinski definition) is 12. The van der Waals surface area contributed by atoms with Crippen LogP contribution in [0.3, 0.4) is 0 Å². The number of hydrogen-bond donors (Lipinski definition) is 2. The van der Waals surface area contributed by atoms with Crippen molar-refractivity contribution in [2.45, 2.75) is 31.0 Å². The number of halogens is 1. The predicted octanol–water partition coefficient (Wildman–Crippen LogP) is -1.08. The molecule has 2 aromatic carbocycles. The topological polar surface area (TPSA) is 173 Å². The average Bonchev–Trinajstić information content (AvgIpc) is 3.55. The number of oxime groups is 1. The molecule has 0 aliphatic carbocycles. The van der Waals surface area contributed by atoms with Crippen molar-refractivity contribution >= 4 is 56.6 Å². The number of ether oxygens (including phenoxy) is 1. The van der Waals surface area contributed by atoms with Gasteiger partial charge in [0.05, 0.1) is 16.6 Å². The monoisotopic (exact) mass is 750 g/mol. The number of rotatable bonds is 12. The molecule has 1 saturated heterocycles. The second-order valence-corrected chi connectivity index (χ2v) is 13.9. The second kappa shape index (κ2) is 16.2. The maximum atomic E-state index is 14.4. The summed E-state index contributed by atoms with van der Waals surface area (Å²) in [6.45, 7) is 2.00. The molecule has 2 aromatic heterocycles. The van der Waals surface area contributed by atoms with E-state index in [9.17, 15) is 18.6 Å². The Balaban J connectivity index is 0.00000504. The van der Waals surface area contributed by atoms with Crippen molar-refractivity contribution in [3.63, 3.8) is 0 Å². The summed E-state index contributed by atoms with van der Waals surface area (Å²) in [6.07, 6.45) is 2.92. The fourth-order valence-corrected chi connectivity index (χ4v) is 7.76. The summed E-state index contributed by atoms with van der Waals surface area (Å²) in [5.74, 6) is -2.35. The van der Waals surface area contributed by atoms with Crippen molar-refractivity contribution in [3.05, 3.63) is 113 Å². The lowest BCUT2D eigenvalue weighted by Gasteiger charge is -2.49. The summed E-state index contributed by atoms with van der Waals surface area (Å²) in [4.78, 5) is 54.0. The van der Waals surface area contributed by atoms with Crippen molar-refractivity contribution < 1.29 is 45.1 Å². The lowest BCUT2D eigenvalue weighted by Crippen LogP contribution is -3.00. The molecule has 14 nitrogen and oxygen atoms in total. The van der Waals surface area contributed by atoms with Crippen molar-refractivity contribution in [2.24, 2.45) is 5.16 Å². The molecule has 2 unspecified atom stereocenters.